The van der Waals surface area contributed by atoms with Gasteiger partial charge >= 0.3 is 0 Å². The van der Waals surface area contributed by atoms with E-state index in [9.17, 15) is 13.2 Å². The Hall–Kier alpha value is -1.57. The summed E-state index contributed by atoms with van der Waals surface area (Å²) >= 11 is 0. The molecule has 4 N–H and O–H groups in total. The molecule has 1 heterocycles. The first-order chi connectivity index (χ1) is 7.29. The van der Waals surface area contributed by atoms with Crippen LogP contribution >= 0.6 is 0 Å². The molecule has 0 bridgehead atoms. The summed E-state index contributed by atoms with van der Waals surface area (Å²) in [5.74, 6) is -0.627. The highest BCUT2D eigenvalue weighted by Gasteiger charge is 2.11. The van der Waals surface area contributed by atoms with Crippen LogP contribution in [-0.2, 0) is 16.4 Å². The van der Waals surface area contributed by atoms with Crippen LogP contribution in [0.25, 0.3) is 0 Å². The van der Waals surface area contributed by atoms with Gasteiger partial charge in [0.25, 0.3) is 5.91 Å². The summed E-state index contributed by atoms with van der Waals surface area (Å²) < 4.78 is 23.2. The van der Waals surface area contributed by atoms with Crippen molar-refractivity contribution in [3.05, 3.63) is 11.9 Å². The van der Waals surface area contributed by atoms with Gasteiger partial charge in [0.15, 0.2) is 5.69 Å². The minimum atomic E-state index is -2.98. The van der Waals surface area contributed by atoms with Crippen molar-refractivity contribution in [3.8, 4) is 0 Å². The van der Waals surface area contributed by atoms with Crippen LogP contribution in [0.3, 0.4) is 0 Å². The van der Waals surface area contributed by atoms with E-state index >= 15 is 0 Å². The topological polar surface area (TPSA) is 121 Å². The Balaban J connectivity index is 2.62. The Morgan fingerprint density at radius 2 is 2.19 bits per heavy atom. The molecule has 0 aromatic carbocycles. The van der Waals surface area contributed by atoms with Crippen molar-refractivity contribution in [2.45, 2.75) is 13.0 Å². The summed E-state index contributed by atoms with van der Waals surface area (Å²) in [5, 5.41) is 3.85. The standard InChI is InChI=1S/C8H14N4O3S/c1-16(14,15)4-2-3-12-5-6(9)7(11-12)8(10)13/h5H,2-4,9H2,1H3,(H2,10,13). The SMILES string of the molecule is CS(=O)(=O)CCCn1cc(N)c(C(N)=O)n1. The van der Waals surface area contributed by atoms with Gasteiger partial charge in [-0.15, -0.1) is 0 Å². The average Bonchev–Trinajstić information content (AvgIpc) is 2.44. The maximum Gasteiger partial charge on any atom is 0.271 e. The number of nitrogen functional groups attached to an aromatic ring is 1. The van der Waals surface area contributed by atoms with Crippen molar-refractivity contribution in [2.75, 3.05) is 17.7 Å². The molecule has 0 saturated carbocycles. The number of aromatic nitrogens is 2. The van der Waals surface area contributed by atoms with Crippen molar-refractivity contribution in [3.63, 3.8) is 0 Å². The highest BCUT2D eigenvalue weighted by Crippen LogP contribution is 2.08. The maximum absolute atomic E-state index is 10.9. The van der Waals surface area contributed by atoms with Crippen molar-refractivity contribution in [1.29, 1.82) is 0 Å². The zero-order chi connectivity index (χ0) is 12.3. The fourth-order valence-corrected chi connectivity index (χ4v) is 1.89. The smallest absolute Gasteiger partial charge is 0.271 e. The lowest BCUT2D eigenvalue weighted by molar-refractivity contribution is 0.0995. The van der Waals surface area contributed by atoms with Gasteiger partial charge in [-0.3, -0.25) is 9.48 Å². The van der Waals surface area contributed by atoms with Gasteiger partial charge in [-0.25, -0.2) is 8.42 Å². The predicted octanol–water partition coefficient (Wildman–Crippen LogP) is -1.00. The average molecular weight is 246 g/mol. The van der Waals surface area contributed by atoms with Crippen LogP contribution in [-0.4, -0.2) is 36.1 Å². The molecule has 0 aliphatic carbocycles. The summed E-state index contributed by atoms with van der Waals surface area (Å²) in [5.41, 5.74) is 10.7. The largest absolute Gasteiger partial charge is 0.396 e. The van der Waals surface area contributed by atoms with Crippen LogP contribution in [0.4, 0.5) is 5.69 Å². The quantitative estimate of drug-likeness (QED) is 0.690. The monoisotopic (exact) mass is 246 g/mol. The summed E-state index contributed by atoms with van der Waals surface area (Å²) in [6, 6.07) is 0. The maximum atomic E-state index is 10.9. The number of nitrogens with two attached hydrogens (primary N) is 2. The van der Waals surface area contributed by atoms with Crippen LogP contribution in [0.15, 0.2) is 6.20 Å². The fraction of sp³-hybridized carbons (Fsp3) is 0.500. The van der Waals surface area contributed by atoms with Crippen molar-refractivity contribution in [2.24, 2.45) is 5.73 Å². The first-order valence-corrected chi connectivity index (χ1v) is 6.66. The zero-order valence-corrected chi connectivity index (χ0v) is 9.70. The molecule has 7 nitrogen and oxygen atoms in total. The second kappa shape index (κ2) is 4.52. The number of sulfone groups is 1. The molecule has 8 heteroatoms. The summed E-state index contributed by atoms with van der Waals surface area (Å²) in [6.07, 6.45) is 3.04. The van der Waals surface area contributed by atoms with E-state index in [1.165, 1.54) is 17.1 Å². The van der Waals surface area contributed by atoms with Crippen molar-refractivity contribution in [1.82, 2.24) is 9.78 Å². The van der Waals surface area contributed by atoms with Crippen LogP contribution in [0.1, 0.15) is 16.9 Å². The van der Waals surface area contributed by atoms with Crippen molar-refractivity contribution >= 4 is 21.4 Å². The van der Waals surface area contributed by atoms with Crippen molar-refractivity contribution < 1.29 is 13.2 Å². The Bertz CT molecular complexity index is 491. The van der Waals surface area contributed by atoms with Gasteiger partial charge in [-0.05, 0) is 6.42 Å². The van der Waals surface area contributed by atoms with Gasteiger partial charge in [-0.2, -0.15) is 5.10 Å². The minimum Gasteiger partial charge on any atom is -0.396 e. The number of hydrogen-bond acceptors (Lipinski definition) is 5. The highest BCUT2D eigenvalue weighted by molar-refractivity contribution is 7.90. The number of rotatable bonds is 5. The van der Waals surface area contributed by atoms with Gasteiger partial charge in [0.05, 0.1) is 11.4 Å². The van der Waals surface area contributed by atoms with Gasteiger partial charge in [-0.1, -0.05) is 0 Å². The van der Waals surface area contributed by atoms with Gasteiger partial charge < -0.3 is 11.5 Å². The number of carbonyl (C=O) groups is 1. The molecule has 0 saturated heterocycles. The van der Waals surface area contributed by atoms with E-state index in [1.807, 2.05) is 0 Å². The minimum absolute atomic E-state index is 0.0133. The Morgan fingerprint density at radius 1 is 1.56 bits per heavy atom. The molecule has 0 aliphatic heterocycles. The molecular weight excluding hydrogens is 232 g/mol. The lowest BCUT2D eigenvalue weighted by Crippen LogP contribution is -2.14. The van der Waals surface area contributed by atoms with Crippen LogP contribution in [0.2, 0.25) is 0 Å². The van der Waals surface area contributed by atoms with E-state index < -0.39 is 15.7 Å². The predicted molar refractivity (Wildman–Crippen MR) is 59.5 cm³/mol. The first-order valence-electron chi connectivity index (χ1n) is 4.60. The summed E-state index contributed by atoms with van der Waals surface area (Å²) in [7, 11) is -2.98. The third kappa shape index (κ3) is 3.54. The van der Waals surface area contributed by atoms with Crippen LogP contribution in [0, 0.1) is 0 Å². The molecule has 0 atom stereocenters. The fourth-order valence-electron chi connectivity index (χ4n) is 1.23. The number of primary amides is 1. The summed E-state index contributed by atoms with van der Waals surface area (Å²) in [6.45, 7) is 0.380. The van der Waals surface area contributed by atoms with E-state index in [4.69, 9.17) is 11.5 Å². The molecule has 0 aliphatic rings. The van der Waals surface area contributed by atoms with E-state index in [1.54, 1.807) is 0 Å². The normalized spacial score (nSPS) is 11.6. The second-order valence-corrected chi connectivity index (χ2v) is 5.80. The van der Waals surface area contributed by atoms with Crippen LogP contribution in [0.5, 0.6) is 0 Å². The Labute approximate surface area is 93.3 Å². The highest BCUT2D eigenvalue weighted by atomic mass is 32.2. The molecule has 1 amide bonds. The van der Waals surface area contributed by atoms with E-state index in [-0.39, 0.29) is 17.1 Å². The number of amides is 1. The molecular formula is C8H14N4O3S. The van der Waals surface area contributed by atoms with Gasteiger partial charge in [0.2, 0.25) is 0 Å². The summed E-state index contributed by atoms with van der Waals surface area (Å²) in [4.78, 5) is 10.8. The number of hydrogen-bond donors (Lipinski definition) is 2. The zero-order valence-electron chi connectivity index (χ0n) is 8.88. The second-order valence-electron chi connectivity index (χ2n) is 3.54. The molecule has 0 unspecified atom stereocenters. The third-order valence-electron chi connectivity index (χ3n) is 1.93. The lowest BCUT2D eigenvalue weighted by Gasteiger charge is -1.99. The third-order valence-corrected chi connectivity index (χ3v) is 2.96. The van der Waals surface area contributed by atoms with Crippen LogP contribution < -0.4 is 11.5 Å². The number of carbonyl (C=O) groups excluding carboxylic acids is 1. The van der Waals surface area contributed by atoms with Gasteiger partial charge in [0, 0.05) is 19.0 Å². The molecule has 1 aromatic heterocycles. The van der Waals surface area contributed by atoms with E-state index in [0.717, 1.165) is 0 Å². The molecule has 0 spiro atoms. The Morgan fingerprint density at radius 3 is 2.62 bits per heavy atom. The molecule has 0 radical (unpaired) electrons. The number of anilines is 1. The van der Waals surface area contributed by atoms with E-state index in [2.05, 4.69) is 5.10 Å². The first kappa shape index (κ1) is 12.5. The lowest BCUT2D eigenvalue weighted by atomic mass is 10.4. The molecule has 1 rings (SSSR count). The molecule has 0 fully saturated rings. The van der Waals surface area contributed by atoms with E-state index in [0.29, 0.717) is 13.0 Å². The van der Waals surface area contributed by atoms with Gasteiger partial charge in [0.1, 0.15) is 9.84 Å². The molecule has 1 aromatic rings. The Kier molecular flexibility index (Phi) is 3.53. The molecule has 90 valence electrons. The molecule has 16 heavy (non-hydrogen) atoms. The number of nitrogens with zero attached hydrogens (tertiary/aromatic N) is 2. The number of aryl methyl sites for hydroxylation is 1.